The van der Waals surface area contributed by atoms with Crippen LogP contribution >= 0.6 is 0 Å². The number of sulfonamides is 1. The fraction of sp³-hybridized carbons (Fsp3) is 0.632. The van der Waals surface area contributed by atoms with Crippen molar-refractivity contribution in [2.24, 2.45) is 5.92 Å². The number of carbonyl (C=O) groups excluding carboxylic acids is 1. The molecule has 1 aromatic carbocycles. The number of benzene rings is 1. The molecular weight excluding hydrogens is 352 g/mol. The molecule has 1 N–H and O–H groups in total. The minimum atomic E-state index is -3.70. The summed E-state index contributed by atoms with van der Waals surface area (Å²) < 4.78 is 32.3. The molecule has 1 heterocycles. The van der Waals surface area contributed by atoms with Gasteiger partial charge in [-0.2, -0.15) is 4.31 Å². The van der Waals surface area contributed by atoms with E-state index in [0.29, 0.717) is 31.1 Å². The summed E-state index contributed by atoms with van der Waals surface area (Å²) in [6.07, 6.45) is 3.16. The highest BCUT2D eigenvalue weighted by Gasteiger charge is 2.39. The molecule has 2 atom stereocenters. The summed E-state index contributed by atoms with van der Waals surface area (Å²) >= 11 is 0. The van der Waals surface area contributed by atoms with Crippen molar-refractivity contribution in [1.29, 1.82) is 0 Å². The van der Waals surface area contributed by atoms with Gasteiger partial charge in [0.25, 0.3) is 0 Å². The smallest absolute Gasteiger partial charge is 0.243 e. The molecule has 0 aromatic heterocycles. The van der Waals surface area contributed by atoms with Crippen molar-refractivity contribution in [3.05, 3.63) is 24.3 Å². The van der Waals surface area contributed by atoms with Crippen LogP contribution in [-0.4, -0.2) is 44.4 Å². The third-order valence-corrected chi connectivity index (χ3v) is 6.66. The van der Waals surface area contributed by atoms with Crippen molar-refractivity contribution >= 4 is 15.9 Å². The zero-order chi connectivity index (χ0) is 19.3. The Morgan fingerprint density at radius 3 is 2.46 bits per heavy atom. The molecule has 0 aliphatic carbocycles. The first-order chi connectivity index (χ1) is 12.3. The van der Waals surface area contributed by atoms with Gasteiger partial charge in [-0.25, -0.2) is 8.42 Å². The largest absolute Gasteiger partial charge is 0.497 e. The Morgan fingerprint density at radius 2 is 1.88 bits per heavy atom. The van der Waals surface area contributed by atoms with E-state index in [1.807, 2.05) is 6.92 Å². The number of carbonyl (C=O) groups is 1. The van der Waals surface area contributed by atoms with Crippen LogP contribution in [0.3, 0.4) is 0 Å². The summed E-state index contributed by atoms with van der Waals surface area (Å²) in [7, 11) is -2.17. The van der Waals surface area contributed by atoms with Gasteiger partial charge in [0.2, 0.25) is 15.9 Å². The lowest BCUT2D eigenvalue weighted by atomic mass is 10.0. The highest BCUT2D eigenvalue weighted by atomic mass is 32.2. The Balaban J connectivity index is 2.09. The summed E-state index contributed by atoms with van der Waals surface area (Å²) in [4.78, 5) is 12.8. The van der Waals surface area contributed by atoms with Gasteiger partial charge < -0.3 is 10.1 Å². The van der Waals surface area contributed by atoms with Crippen molar-refractivity contribution in [2.45, 2.75) is 63.4 Å². The van der Waals surface area contributed by atoms with Crippen LogP contribution in [0.15, 0.2) is 29.2 Å². The highest BCUT2D eigenvalue weighted by molar-refractivity contribution is 7.89. The van der Waals surface area contributed by atoms with E-state index in [4.69, 9.17) is 4.74 Å². The van der Waals surface area contributed by atoms with Crippen molar-refractivity contribution in [2.75, 3.05) is 13.7 Å². The molecule has 2 rings (SSSR count). The summed E-state index contributed by atoms with van der Waals surface area (Å²) in [5, 5.41) is 2.98. The summed E-state index contributed by atoms with van der Waals surface area (Å²) in [6, 6.07) is 5.68. The molecule has 0 bridgehead atoms. The first kappa shape index (κ1) is 20.7. The van der Waals surface area contributed by atoms with E-state index < -0.39 is 16.1 Å². The van der Waals surface area contributed by atoms with E-state index in [1.165, 1.54) is 23.5 Å². The van der Waals surface area contributed by atoms with Crippen LogP contribution < -0.4 is 10.1 Å². The number of hydrogen-bond acceptors (Lipinski definition) is 4. The average Bonchev–Trinajstić information content (AvgIpc) is 3.10. The summed E-state index contributed by atoms with van der Waals surface area (Å²) in [6.45, 7) is 6.63. The van der Waals surface area contributed by atoms with E-state index >= 15 is 0 Å². The van der Waals surface area contributed by atoms with Gasteiger partial charge in [0.05, 0.1) is 12.0 Å². The zero-order valence-corrected chi connectivity index (χ0v) is 16.9. The molecule has 0 radical (unpaired) electrons. The molecule has 1 aliphatic heterocycles. The van der Waals surface area contributed by atoms with E-state index in [-0.39, 0.29) is 16.8 Å². The van der Waals surface area contributed by atoms with Crippen LogP contribution in [0.2, 0.25) is 0 Å². The summed E-state index contributed by atoms with van der Waals surface area (Å²) in [5.41, 5.74) is 0. The average molecular weight is 383 g/mol. The van der Waals surface area contributed by atoms with Gasteiger partial charge in [-0.1, -0.05) is 13.8 Å². The Bertz CT molecular complexity index is 701. The van der Waals surface area contributed by atoms with Crippen molar-refractivity contribution in [3.63, 3.8) is 0 Å². The fourth-order valence-electron chi connectivity index (χ4n) is 3.17. The Hall–Kier alpha value is -1.60. The van der Waals surface area contributed by atoms with Crippen LogP contribution in [0.5, 0.6) is 5.75 Å². The monoisotopic (exact) mass is 382 g/mol. The lowest BCUT2D eigenvalue weighted by Gasteiger charge is -2.25. The predicted molar refractivity (Wildman–Crippen MR) is 102 cm³/mol. The fourth-order valence-corrected chi connectivity index (χ4v) is 4.82. The van der Waals surface area contributed by atoms with Crippen molar-refractivity contribution in [1.82, 2.24) is 9.62 Å². The third kappa shape index (κ3) is 4.98. The standard InChI is InChI=1S/C19H30N2O4S/c1-14(2)7-8-15(3)20-19(22)18-6-5-13-21(18)26(23,24)17-11-9-16(25-4)10-12-17/h9-12,14-15,18H,5-8,13H2,1-4H3,(H,20,22). The number of amides is 1. The van der Waals surface area contributed by atoms with Crippen LogP contribution in [0.4, 0.5) is 0 Å². The maximum absolute atomic E-state index is 13.0. The van der Waals surface area contributed by atoms with E-state index in [0.717, 1.165) is 12.8 Å². The quantitative estimate of drug-likeness (QED) is 0.750. The van der Waals surface area contributed by atoms with E-state index in [1.54, 1.807) is 12.1 Å². The molecule has 0 spiro atoms. The van der Waals surface area contributed by atoms with Crippen molar-refractivity contribution < 1.29 is 17.9 Å². The Morgan fingerprint density at radius 1 is 1.23 bits per heavy atom. The van der Waals surface area contributed by atoms with Crippen LogP contribution in [-0.2, 0) is 14.8 Å². The topological polar surface area (TPSA) is 75.7 Å². The second-order valence-corrected chi connectivity index (χ2v) is 9.22. The molecule has 1 amide bonds. The molecule has 146 valence electrons. The molecule has 0 saturated carbocycles. The van der Waals surface area contributed by atoms with Gasteiger partial charge in [-0.3, -0.25) is 4.79 Å². The molecule has 1 fully saturated rings. The normalized spacial score (nSPS) is 19.5. The van der Waals surface area contributed by atoms with Crippen LogP contribution in [0.1, 0.15) is 46.5 Å². The minimum absolute atomic E-state index is 0.0380. The van der Waals surface area contributed by atoms with Gasteiger partial charge in [0.15, 0.2) is 0 Å². The number of nitrogens with one attached hydrogen (secondary N) is 1. The SMILES string of the molecule is COc1ccc(S(=O)(=O)N2CCCC2C(=O)NC(C)CCC(C)C)cc1. The molecule has 1 aliphatic rings. The van der Waals surface area contributed by atoms with Crippen LogP contribution in [0.25, 0.3) is 0 Å². The van der Waals surface area contributed by atoms with Gasteiger partial charge in [-0.15, -0.1) is 0 Å². The molecular formula is C19H30N2O4S. The highest BCUT2D eigenvalue weighted by Crippen LogP contribution is 2.27. The molecule has 7 heteroatoms. The lowest BCUT2D eigenvalue weighted by Crippen LogP contribution is -2.48. The minimum Gasteiger partial charge on any atom is -0.497 e. The molecule has 26 heavy (non-hydrogen) atoms. The zero-order valence-electron chi connectivity index (χ0n) is 16.1. The second-order valence-electron chi connectivity index (χ2n) is 7.33. The number of ether oxygens (including phenoxy) is 1. The Kier molecular flexibility index (Phi) is 7.06. The van der Waals surface area contributed by atoms with Gasteiger partial charge in [-0.05, 0) is 62.8 Å². The summed E-state index contributed by atoms with van der Waals surface area (Å²) in [5.74, 6) is 0.974. The second kappa shape index (κ2) is 8.86. The third-order valence-electron chi connectivity index (χ3n) is 4.74. The van der Waals surface area contributed by atoms with E-state index in [9.17, 15) is 13.2 Å². The molecule has 1 aromatic rings. The molecule has 6 nitrogen and oxygen atoms in total. The van der Waals surface area contributed by atoms with Gasteiger partial charge in [0, 0.05) is 12.6 Å². The van der Waals surface area contributed by atoms with Gasteiger partial charge in [0.1, 0.15) is 11.8 Å². The predicted octanol–water partition coefficient (Wildman–Crippen LogP) is 2.79. The number of nitrogens with zero attached hydrogens (tertiary/aromatic N) is 1. The first-order valence-corrected chi connectivity index (χ1v) is 10.7. The number of hydrogen-bond donors (Lipinski definition) is 1. The maximum Gasteiger partial charge on any atom is 0.243 e. The van der Waals surface area contributed by atoms with Gasteiger partial charge >= 0.3 is 0 Å². The van der Waals surface area contributed by atoms with Crippen LogP contribution in [0, 0.1) is 5.92 Å². The Labute approximate surface area is 157 Å². The number of methoxy groups -OCH3 is 1. The van der Waals surface area contributed by atoms with Crippen molar-refractivity contribution in [3.8, 4) is 5.75 Å². The molecule has 1 saturated heterocycles. The maximum atomic E-state index is 13.0. The first-order valence-electron chi connectivity index (χ1n) is 9.22. The van der Waals surface area contributed by atoms with E-state index in [2.05, 4.69) is 19.2 Å². The molecule has 2 unspecified atom stereocenters. The number of rotatable bonds is 8. The lowest BCUT2D eigenvalue weighted by molar-refractivity contribution is -0.124.